The highest BCUT2D eigenvalue weighted by molar-refractivity contribution is 7.30. The molecule has 21 nitrogen and oxygen atoms in total. The Labute approximate surface area is 503 Å². The van der Waals surface area contributed by atoms with E-state index in [-0.39, 0.29) is 36.4 Å². The number of ether oxygens (including phenoxy) is 5. The van der Waals surface area contributed by atoms with Gasteiger partial charge in [0.1, 0.15) is 65.9 Å². The van der Waals surface area contributed by atoms with Crippen LogP contribution in [0.2, 0.25) is 0 Å². The molecule has 0 bridgehead atoms. The van der Waals surface area contributed by atoms with E-state index in [1.54, 1.807) is 94.7 Å². The zero-order valence-electron chi connectivity index (χ0n) is 47.7. The van der Waals surface area contributed by atoms with Crippen molar-refractivity contribution in [1.29, 1.82) is 10.5 Å². The van der Waals surface area contributed by atoms with Gasteiger partial charge in [-0.15, -0.1) is 45.3 Å². The van der Waals surface area contributed by atoms with Crippen LogP contribution in [0.3, 0.4) is 0 Å². The summed E-state index contributed by atoms with van der Waals surface area (Å²) >= 11 is 6.20. The molecule has 0 spiro atoms. The molecule has 84 heavy (non-hydrogen) atoms. The number of likely N-dealkylation sites (N-methyl/N-ethyl adjacent to an activating group) is 2. The number of esters is 2. The van der Waals surface area contributed by atoms with Crippen molar-refractivity contribution in [3.63, 3.8) is 0 Å². The van der Waals surface area contributed by atoms with Crippen LogP contribution in [-0.4, -0.2) is 94.7 Å². The van der Waals surface area contributed by atoms with Crippen LogP contribution in [-0.2, 0) is 50.1 Å². The summed E-state index contributed by atoms with van der Waals surface area (Å²) in [4.78, 5) is 58.1. The Morgan fingerprint density at radius 2 is 1.05 bits per heavy atom. The van der Waals surface area contributed by atoms with Gasteiger partial charge in [0.2, 0.25) is 0 Å². The SMILES string of the molecule is CN(CCO)c1cc2sc(/C=C(\C#N)C(=O)OC(C)(C)C)cc2s1.CN(CCOC(=O)NCc1ccc(COc2nccc(N)n2)cc1)c1cc2sc(/C=C(\C#N)C(=O)OC(C)(C)C)cc2s1.NCc1ccc(COc2nccc(N)n2)cc1. The molecule has 0 aliphatic rings. The maximum absolute atomic E-state index is 12.3. The predicted octanol–water partition coefficient (Wildman–Crippen LogP) is 10.3. The monoisotopic (exact) mass is 1210 g/mol. The molecule has 0 saturated heterocycles. The van der Waals surface area contributed by atoms with Gasteiger partial charge in [0, 0.05) is 74.7 Å². The standard InChI is InChI=1S/C30H32N6O5S2.C17H20N2O3S2.C12H14N4O/c1-30(2,3)41-27(37)21(16-31)13-22-14-23-24(42-22)15-26(43-23)36(4)11-12-39-29(38)34-17-19-5-7-20(8-6-19)18-40-28-33-10-9-25(32)35-28;1-17(2,3)22-16(21)11(10-18)7-12-8-13-14(23-12)9-15(24-13)19(4)5-6-20;13-7-9-1-3-10(4-2-9)8-17-12-15-6-5-11(14)16-12/h5-10,13-15H,11-12,17-18H2,1-4H3,(H,34,38)(H2,32,33,35);7-9,20H,5-6H2,1-4H3;1-6H,7-8,13H2,(H2,14,15,16)/b21-13+;11-7+;. The molecule has 1 amide bonds. The average molecular weight is 1220 g/mol. The van der Waals surface area contributed by atoms with E-state index in [1.807, 2.05) is 103 Å². The summed E-state index contributed by atoms with van der Waals surface area (Å²) in [5.74, 6) is -0.506. The van der Waals surface area contributed by atoms with Crippen LogP contribution >= 0.6 is 45.3 Å². The molecule has 8 N–H and O–H groups in total. The number of hydrogen-bond donors (Lipinski definition) is 5. The molecule has 0 saturated carbocycles. The Kier molecular flexibility index (Phi) is 23.5. The molecular formula is C59H66N12O9S4. The third kappa shape index (κ3) is 20.9. The van der Waals surface area contributed by atoms with E-state index in [9.17, 15) is 24.9 Å². The van der Waals surface area contributed by atoms with E-state index in [4.69, 9.17) is 46.0 Å². The van der Waals surface area contributed by atoms with Crippen LogP contribution in [0.25, 0.3) is 31.0 Å². The molecule has 440 valence electrons. The predicted molar refractivity (Wildman–Crippen MR) is 332 cm³/mol. The quantitative estimate of drug-likeness (QED) is 0.0205. The summed E-state index contributed by atoms with van der Waals surface area (Å²) in [6.45, 7) is 13.6. The molecule has 25 heteroatoms. The second kappa shape index (κ2) is 30.6. The van der Waals surface area contributed by atoms with Crippen LogP contribution in [0, 0.1) is 22.7 Å². The number of amides is 1. The Morgan fingerprint density at radius 1 is 0.631 bits per heavy atom. The van der Waals surface area contributed by atoms with E-state index in [0.717, 1.165) is 60.8 Å². The number of carbonyl (C=O) groups excluding carboxylic acids is 3. The smallest absolute Gasteiger partial charge is 0.407 e. The minimum absolute atomic E-state index is 0.00329. The lowest BCUT2D eigenvalue weighted by atomic mass is 10.1. The average Bonchev–Trinajstić information content (AvgIpc) is 3.32. The summed E-state index contributed by atoms with van der Waals surface area (Å²) in [6.07, 6.45) is 5.73. The fraction of sp³-hybridized carbons (Fsp3) is 0.305. The molecule has 8 rings (SSSR count). The second-order valence-corrected chi connectivity index (χ2v) is 24.6. The van der Waals surface area contributed by atoms with Gasteiger partial charge < -0.3 is 61.1 Å². The number of hydrogen-bond acceptors (Lipinski definition) is 24. The van der Waals surface area contributed by atoms with Crippen LogP contribution in [0.4, 0.5) is 26.4 Å². The van der Waals surface area contributed by atoms with E-state index >= 15 is 0 Å². The number of fused-ring (bicyclic) bond motifs is 2. The number of nitrogens with one attached hydrogen (secondary N) is 1. The molecule has 0 atom stereocenters. The summed E-state index contributed by atoms with van der Waals surface area (Å²) in [5.41, 5.74) is 19.3. The molecular weight excluding hydrogens is 1150 g/mol. The summed E-state index contributed by atoms with van der Waals surface area (Å²) in [6, 6.07) is 31.0. The number of alkyl carbamates (subject to hydrolysis) is 1. The molecule has 2 aromatic carbocycles. The Morgan fingerprint density at radius 3 is 1.44 bits per heavy atom. The number of nitrogen functional groups attached to an aromatic ring is 2. The topological polar surface area (TPSA) is 313 Å². The van der Waals surface area contributed by atoms with Gasteiger partial charge >= 0.3 is 30.1 Å². The van der Waals surface area contributed by atoms with E-state index < -0.39 is 29.2 Å². The number of nitrogens with zero attached hydrogens (tertiary/aromatic N) is 8. The summed E-state index contributed by atoms with van der Waals surface area (Å²) in [7, 11) is 3.86. The maximum Gasteiger partial charge on any atom is 0.407 e. The highest BCUT2D eigenvalue weighted by Gasteiger charge is 2.22. The third-order valence-corrected chi connectivity index (χ3v) is 15.8. The van der Waals surface area contributed by atoms with Crippen molar-refractivity contribution in [3.8, 4) is 24.2 Å². The second-order valence-electron chi connectivity index (χ2n) is 20.3. The van der Waals surface area contributed by atoms with Gasteiger partial charge in [0.05, 0.1) is 23.2 Å². The number of rotatable bonds is 20. The van der Waals surface area contributed by atoms with Gasteiger partial charge in [-0.2, -0.15) is 20.5 Å². The summed E-state index contributed by atoms with van der Waals surface area (Å²) < 4.78 is 31.1. The number of aromatic nitrogens is 4. The number of nitriles is 2. The Hall–Kier alpha value is -8.69. The number of anilines is 4. The molecule has 0 fully saturated rings. The molecule has 0 radical (unpaired) electrons. The highest BCUT2D eigenvalue weighted by Crippen LogP contribution is 2.40. The third-order valence-electron chi connectivity index (χ3n) is 11.1. The lowest BCUT2D eigenvalue weighted by molar-refractivity contribution is -0.150. The van der Waals surface area contributed by atoms with Gasteiger partial charge in [0.15, 0.2) is 0 Å². The van der Waals surface area contributed by atoms with Crippen molar-refractivity contribution in [1.82, 2.24) is 25.3 Å². The molecule has 6 heterocycles. The van der Waals surface area contributed by atoms with Crippen LogP contribution < -0.4 is 41.8 Å². The van der Waals surface area contributed by atoms with Crippen molar-refractivity contribution in [3.05, 3.63) is 140 Å². The largest absolute Gasteiger partial charge is 0.459 e. The van der Waals surface area contributed by atoms with Gasteiger partial charge in [-0.1, -0.05) is 48.5 Å². The van der Waals surface area contributed by atoms with Crippen molar-refractivity contribution in [2.45, 2.75) is 79.0 Å². The molecule has 8 aromatic rings. The van der Waals surface area contributed by atoms with E-state index in [2.05, 4.69) is 31.3 Å². The Balaban J connectivity index is 0.000000230. The molecule has 0 aliphatic carbocycles. The van der Waals surface area contributed by atoms with Gasteiger partial charge in [-0.25, -0.2) is 24.4 Å². The van der Waals surface area contributed by atoms with Crippen molar-refractivity contribution in [2.24, 2.45) is 5.73 Å². The van der Waals surface area contributed by atoms with Crippen molar-refractivity contribution < 1.29 is 43.2 Å². The Bertz CT molecular complexity index is 3580. The zero-order chi connectivity index (χ0) is 61.0. The van der Waals surface area contributed by atoms with Crippen LogP contribution in [0.15, 0.2) is 108 Å². The summed E-state index contributed by atoms with van der Waals surface area (Å²) in [5, 5.41) is 32.5. The fourth-order valence-electron chi connectivity index (χ4n) is 6.96. The van der Waals surface area contributed by atoms with E-state index in [0.29, 0.717) is 51.0 Å². The number of thiophene rings is 4. The van der Waals surface area contributed by atoms with Gasteiger partial charge in [0.25, 0.3) is 0 Å². The lowest BCUT2D eigenvalue weighted by Crippen LogP contribution is -2.28. The van der Waals surface area contributed by atoms with Crippen LogP contribution in [0.5, 0.6) is 12.0 Å². The van der Waals surface area contributed by atoms with E-state index in [1.165, 1.54) is 28.9 Å². The van der Waals surface area contributed by atoms with Crippen molar-refractivity contribution in [2.75, 3.05) is 61.7 Å². The highest BCUT2D eigenvalue weighted by atomic mass is 32.1. The lowest BCUT2D eigenvalue weighted by Gasteiger charge is -2.18. The number of aliphatic hydroxyl groups excluding tert-OH is 1. The fourth-order valence-corrected chi connectivity index (χ4v) is 11.6. The maximum atomic E-state index is 12.3. The first-order valence-electron chi connectivity index (χ1n) is 26.0. The zero-order valence-corrected chi connectivity index (χ0v) is 51.0. The number of carbonyl (C=O) groups is 3. The van der Waals surface area contributed by atoms with Crippen molar-refractivity contribution >= 4 is 116 Å². The number of nitrogens with two attached hydrogens (primary N) is 3. The first-order chi connectivity index (χ1) is 40.0. The minimum atomic E-state index is -0.675. The minimum Gasteiger partial charge on any atom is -0.459 e. The molecule has 0 aliphatic heterocycles. The number of benzene rings is 2. The first kappa shape index (κ1) is 64.5. The van der Waals surface area contributed by atoms with Gasteiger partial charge in [-0.05, 0) is 112 Å². The first-order valence-corrected chi connectivity index (χ1v) is 29.3. The number of aliphatic hydroxyl groups is 1. The van der Waals surface area contributed by atoms with Gasteiger partial charge in [-0.3, -0.25) is 0 Å². The van der Waals surface area contributed by atoms with Crippen LogP contribution in [0.1, 0.15) is 73.6 Å². The molecule has 6 aromatic heterocycles. The molecule has 0 unspecified atom stereocenters. The normalized spacial score (nSPS) is 11.5.